The molecule has 4 aromatic rings. The summed E-state index contributed by atoms with van der Waals surface area (Å²) in [5.41, 5.74) is 5.85. The molecule has 2 aromatic heterocycles. The Balaban J connectivity index is 2.01. The normalized spacial score (nSPS) is 11.8. The fourth-order valence-electron chi connectivity index (χ4n) is 3.61. The molecule has 4 rings (SSSR count). The van der Waals surface area contributed by atoms with Crippen molar-refractivity contribution in [2.75, 3.05) is 0 Å². The van der Waals surface area contributed by atoms with Crippen LogP contribution in [0, 0.1) is 6.92 Å². The van der Waals surface area contributed by atoms with Gasteiger partial charge >= 0.3 is 0 Å². The highest BCUT2D eigenvalue weighted by Gasteiger charge is 2.20. The number of hydrogen-bond acceptors (Lipinski definition) is 4. The van der Waals surface area contributed by atoms with Crippen LogP contribution in [0.5, 0.6) is 0 Å². The van der Waals surface area contributed by atoms with Crippen LogP contribution in [0.2, 0.25) is 0 Å². The van der Waals surface area contributed by atoms with Crippen LogP contribution >= 0.6 is 11.3 Å². The highest BCUT2D eigenvalue weighted by molar-refractivity contribution is 7.18. The van der Waals surface area contributed by atoms with Crippen molar-refractivity contribution in [3.63, 3.8) is 0 Å². The van der Waals surface area contributed by atoms with Crippen LogP contribution in [-0.2, 0) is 0 Å². The molecule has 0 unspecified atom stereocenters. The first-order valence-corrected chi connectivity index (χ1v) is 10.2. The first kappa shape index (κ1) is 17.9. The summed E-state index contributed by atoms with van der Waals surface area (Å²) in [6.45, 7) is 11.0. The van der Waals surface area contributed by atoms with Gasteiger partial charge in [0.05, 0.1) is 20.9 Å². The van der Waals surface area contributed by atoms with Crippen molar-refractivity contribution in [1.82, 2.24) is 19.7 Å². The van der Waals surface area contributed by atoms with Crippen molar-refractivity contribution < 1.29 is 0 Å². The van der Waals surface area contributed by atoms with Crippen LogP contribution in [0.1, 0.15) is 55.7 Å². The smallest absolute Gasteiger partial charge is 0.170 e. The topological polar surface area (TPSA) is 43.6 Å². The molecule has 0 aliphatic rings. The van der Waals surface area contributed by atoms with Crippen molar-refractivity contribution in [3.8, 4) is 17.1 Å². The minimum atomic E-state index is 0.409. The molecule has 0 saturated heterocycles. The molecule has 0 saturated carbocycles. The fraction of sp³-hybridized carbons (Fsp3) is 0.318. The summed E-state index contributed by atoms with van der Waals surface area (Å²) in [5.74, 6) is 1.67. The van der Waals surface area contributed by atoms with E-state index in [2.05, 4.69) is 78.9 Å². The van der Waals surface area contributed by atoms with Gasteiger partial charge in [0.15, 0.2) is 5.82 Å². The number of benzene rings is 2. The molecule has 0 fully saturated rings. The van der Waals surface area contributed by atoms with Crippen molar-refractivity contribution in [1.29, 1.82) is 0 Å². The Morgan fingerprint density at radius 3 is 2.26 bits per heavy atom. The molecule has 0 N–H and O–H groups in total. The van der Waals surface area contributed by atoms with Crippen molar-refractivity contribution in [2.24, 2.45) is 0 Å². The Hall–Kier alpha value is -2.53. The Labute approximate surface area is 163 Å². The van der Waals surface area contributed by atoms with Crippen molar-refractivity contribution in [3.05, 3.63) is 58.9 Å². The van der Waals surface area contributed by atoms with Gasteiger partial charge in [-0.15, -0.1) is 21.5 Å². The fourth-order valence-corrected chi connectivity index (χ4v) is 4.47. The van der Waals surface area contributed by atoms with Crippen LogP contribution in [0.25, 0.3) is 27.3 Å². The van der Waals surface area contributed by atoms with Gasteiger partial charge < -0.3 is 0 Å². The first-order valence-electron chi connectivity index (χ1n) is 9.37. The molecule has 4 nitrogen and oxygen atoms in total. The summed E-state index contributed by atoms with van der Waals surface area (Å²) in [4.78, 5) is 4.76. The van der Waals surface area contributed by atoms with Gasteiger partial charge in [0.1, 0.15) is 6.33 Å². The van der Waals surface area contributed by atoms with Crippen LogP contribution < -0.4 is 0 Å². The van der Waals surface area contributed by atoms with E-state index in [9.17, 15) is 0 Å². The van der Waals surface area contributed by atoms with Gasteiger partial charge in [-0.25, -0.2) is 4.98 Å². The largest absolute Gasteiger partial charge is 0.281 e. The molecule has 2 aromatic carbocycles. The second-order valence-electron chi connectivity index (χ2n) is 7.50. The first-order chi connectivity index (χ1) is 13.0. The predicted octanol–water partition coefficient (Wildman–Crippen LogP) is 6.10. The number of para-hydroxylation sites is 2. The van der Waals surface area contributed by atoms with E-state index in [1.807, 2.05) is 13.3 Å². The Morgan fingerprint density at radius 1 is 0.926 bits per heavy atom. The average Bonchev–Trinajstić information content (AvgIpc) is 3.25. The lowest BCUT2D eigenvalue weighted by molar-refractivity contribution is 0.806. The summed E-state index contributed by atoms with van der Waals surface area (Å²) in [5, 5.41) is 9.84. The van der Waals surface area contributed by atoms with Gasteiger partial charge in [0.25, 0.3) is 0 Å². The lowest BCUT2D eigenvalue weighted by Gasteiger charge is -2.21. The van der Waals surface area contributed by atoms with Crippen LogP contribution in [0.4, 0.5) is 0 Å². The molecule has 0 aliphatic heterocycles. The Bertz CT molecular complexity index is 1080. The van der Waals surface area contributed by atoms with E-state index in [0.29, 0.717) is 11.8 Å². The van der Waals surface area contributed by atoms with Crippen molar-refractivity contribution >= 4 is 21.6 Å². The molecule has 0 amide bonds. The third kappa shape index (κ3) is 3.06. The molecule has 0 bridgehead atoms. The maximum Gasteiger partial charge on any atom is 0.170 e. The van der Waals surface area contributed by atoms with E-state index in [4.69, 9.17) is 4.98 Å². The molecule has 0 spiro atoms. The average molecular weight is 377 g/mol. The number of aryl methyl sites for hydroxylation is 1. The second kappa shape index (κ2) is 6.89. The van der Waals surface area contributed by atoms with E-state index in [0.717, 1.165) is 21.9 Å². The molecule has 0 aliphatic carbocycles. The summed E-state index contributed by atoms with van der Waals surface area (Å²) in [6, 6.07) is 12.9. The number of nitrogens with zero attached hydrogens (tertiary/aromatic N) is 4. The van der Waals surface area contributed by atoms with E-state index >= 15 is 0 Å². The lowest BCUT2D eigenvalue weighted by atomic mass is 9.92. The monoisotopic (exact) mass is 376 g/mol. The van der Waals surface area contributed by atoms with Crippen molar-refractivity contribution in [2.45, 2.75) is 46.5 Å². The summed E-state index contributed by atoms with van der Waals surface area (Å²) < 4.78 is 3.33. The minimum Gasteiger partial charge on any atom is -0.281 e. The molecular weight excluding hydrogens is 352 g/mol. The Morgan fingerprint density at radius 2 is 1.59 bits per heavy atom. The molecule has 2 heterocycles. The van der Waals surface area contributed by atoms with Gasteiger partial charge in [0.2, 0.25) is 0 Å². The zero-order valence-electron chi connectivity index (χ0n) is 16.4. The zero-order chi connectivity index (χ0) is 19.1. The standard InChI is InChI=1S/C22H24N4S/c1-13(2)16-8-6-9-17(14(3)4)21(16)26-12-23-25-22(26)18-10-7-11-19-20(18)24-15(5)27-19/h6-14H,1-5H3. The highest BCUT2D eigenvalue weighted by Crippen LogP contribution is 2.36. The number of hydrogen-bond donors (Lipinski definition) is 0. The summed E-state index contributed by atoms with van der Waals surface area (Å²) in [6.07, 6.45) is 1.83. The highest BCUT2D eigenvalue weighted by atomic mass is 32.1. The lowest BCUT2D eigenvalue weighted by Crippen LogP contribution is -2.08. The maximum absolute atomic E-state index is 4.76. The number of aromatic nitrogens is 4. The molecule has 5 heteroatoms. The van der Waals surface area contributed by atoms with E-state index < -0.39 is 0 Å². The number of fused-ring (bicyclic) bond motifs is 1. The van der Waals surface area contributed by atoms with Gasteiger partial charge in [-0.2, -0.15) is 0 Å². The quantitative estimate of drug-likeness (QED) is 0.432. The number of thiazole rings is 1. The molecule has 0 radical (unpaired) electrons. The SMILES string of the molecule is Cc1nc2c(-c3nncn3-c3c(C(C)C)cccc3C(C)C)cccc2s1. The van der Waals surface area contributed by atoms with Gasteiger partial charge in [-0.05, 0) is 42.0 Å². The number of rotatable bonds is 4. The van der Waals surface area contributed by atoms with Gasteiger partial charge in [0, 0.05) is 5.56 Å². The van der Waals surface area contributed by atoms with Gasteiger partial charge in [-0.1, -0.05) is 52.0 Å². The van der Waals surface area contributed by atoms with Crippen LogP contribution in [0.15, 0.2) is 42.7 Å². The Kier molecular flexibility index (Phi) is 4.56. The van der Waals surface area contributed by atoms with E-state index in [-0.39, 0.29) is 0 Å². The maximum atomic E-state index is 4.76. The molecule has 138 valence electrons. The second-order valence-corrected chi connectivity index (χ2v) is 8.74. The molecular formula is C22H24N4S. The molecule has 27 heavy (non-hydrogen) atoms. The summed E-state index contributed by atoms with van der Waals surface area (Å²) >= 11 is 1.71. The molecule has 0 atom stereocenters. The zero-order valence-corrected chi connectivity index (χ0v) is 17.2. The van der Waals surface area contributed by atoms with Gasteiger partial charge in [-0.3, -0.25) is 4.57 Å². The summed E-state index contributed by atoms with van der Waals surface area (Å²) in [7, 11) is 0. The van der Waals surface area contributed by atoms with E-state index in [1.54, 1.807) is 11.3 Å². The van der Waals surface area contributed by atoms with E-state index in [1.165, 1.54) is 21.5 Å². The minimum absolute atomic E-state index is 0.409. The predicted molar refractivity (Wildman–Crippen MR) is 113 cm³/mol. The van der Waals surface area contributed by atoms with Crippen LogP contribution in [0.3, 0.4) is 0 Å². The third-order valence-electron chi connectivity index (χ3n) is 4.90. The van der Waals surface area contributed by atoms with Crippen LogP contribution in [-0.4, -0.2) is 19.7 Å². The third-order valence-corrected chi connectivity index (χ3v) is 5.83.